The largest absolute Gasteiger partial charge is 0.394 e. The number of likely N-dealkylation sites (tertiary alicyclic amines) is 1. The third kappa shape index (κ3) is 3.67. The van der Waals surface area contributed by atoms with Crippen LogP contribution < -0.4 is 4.90 Å². The standard InChI is InChI=1S/C30H39N3O5/c1-6-15-31-16-9-13-29(5)22(26(31)35)23-27(36)33(21(7-2)18-34)25-28(37)32(17-10-14-30(23,25)38-29)24-19(3)11-8-12-20(24)4/h8-14,21-23,25,34H,6-7,15-18H2,1-5H3/t21-,22-,23-,25?,29+,30-/m0/s1. The van der Waals surface area contributed by atoms with Gasteiger partial charge in [0.15, 0.2) is 0 Å². The average Bonchev–Trinajstić information content (AvgIpc) is 3.15. The molecule has 1 aromatic carbocycles. The summed E-state index contributed by atoms with van der Waals surface area (Å²) < 4.78 is 6.87. The van der Waals surface area contributed by atoms with E-state index in [0.717, 1.165) is 23.2 Å². The van der Waals surface area contributed by atoms with Crippen LogP contribution in [0.4, 0.5) is 5.69 Å². The Hall–Kier alpha value is -2.97. The molecule has 1 aromatic rings. The predicted molar refractivity (Wildman–Crippen MR) is 144 cm³/mol. The minimum absolute atomic E-state index is 0.121. The SMILES string of the molecule is CCCN1CC=C[C@@]2(C)O[C@]34C=CCN(c5c(C)cccc5C)C(=O)C3N([C@@H](CC)CO)C(=O)[C@@H]4[C@H]2C1=O. The number of carbonyl (C=O) groups is 3. The van der Waals surface area contributed by atoms with E-state index in [1.165, 1.54) is 4.90 Å². The Morgan fingerprint density at radius 1 is 1.00 bits per heavy atom. The first-order chi connectivity index (χ1) is 18.1. The summed E-state index contributed by atoms with van der Waals surface area (Å²) >= 11 is 0. The zero-order valence-electron chi connectivity index (χ0n) is 23.0. The number of aliphatic hydroxyl groups is 1. The lowest BCUT2D eigenvalue weighted by Gasteiger charge is -2.40. The molecule has 4 aliphatic heterocycles. The van der Waals surface area contributed by atoms with E-state index >= 15 is 0 Å². The number of ether oxygens (including phenoxy) is 1. The van der Waals surface area contributed by atoms with E-state index in [-0.39, 0.29) is 24.3 Å². The number of amides is 3. The maximum atomic E-state index is 14.6. The summed E-state index contributed by atoms with van der Waals surface area (Å²) in [5, 5.41) is 10.3. The van der Waals surface area contributed by atoms with E-state index in [9.17, 15) is 19.5 Å². The first-order valence-corrected chi connectivity index (χ1v) is 13.8. The Labute approximate surface area is 224 Å². The number of nitrogens with zero attached hydrogens (tertiary/aromatic N) is 3. The molecule has 3 amide bonds. The van der Waals surface area contributed by atoms with Crippen LogP contribution in [0.3, 0.4) is 0 Å². The first-order valence-electron chi connectivity index (χ1n) is 13.8. The van der Waals surface area contributed by atoms with Crippen LogP contribution in [-0.2, 0) is 19.1 Å². The molecule has 2 fully saturated rings. The highest BCUT2D eigenvalue weighted by atomic mass is 16.5. The number of hydrogen-bond donors (Lipinski definition) is 1. The van der Waals surface area contributed by atoms with Crippen LogP contribution in [0.15, 0.2) is 42.5 Å². The lowest BCUT2D eigenvalue weighted by Crippen LogP contribution is -2.59. The summed E-state index contributed by atoms with van der Waals surface area (Å²) in [5.41, 5.74) is 0.375. The second-order valence-corrected chi connectivity index (χ2v) is 11.3. The van der Waals surface area contributed by atoms with Crippen molar-refractivity contribution in [2.45, 2.75) is 70.7 Å². The number of anilines is 1. The first kappa shape index (κ1) is 26.6. The van der Waals surface area contributed by atoms with Crippen LogP contribution in [0.2, 0.25) is 0 Å². The lowest BCUT2D eigenvalue weighted by molar-refractivity contribution is -0.151. The van der Waals surface area contributed by atoms with Crippen molar-refractivity contribution in [3.63, 3.8) is 0 Å². The van der Waals surface area contributed by atoms with E-state index in [1.54, 1.807) is 9.80 Å². The van der Waals surface area contributed by atoms with Gasteiger partial charge in [-0.05, 0) is 44.7 Å². The van der Waals surface area contributed by atoms with Crippen molar-refractivity contribution in [1.29, 1.82) is 0 Å². The molecule has 6 atom stereocenters. The normalized spacial score (nSPS) is 33.3. The molecule has 204 valence electrons. The molecule has 1 unspecified atom stereocenters. The highest BCUT2D eigenvalue weighted by molar-refractivity contribution is 6.06. The van der Waals surface area contributed by atoms with Crippen LogP contribution in [0.5, 0.6) is 0 Å². The fourth-order valence-electron chi connectivity index (χ4n) is 7.22. The van der Waals surface area contributed by atoms with Crippen molar-refractivity contribution < 1.29 is 24.2 Å². The number of aryl methyl sites for hydroxylation is 2. The number of fused-ring (bicyclic) bond motifs is 2. The zero-order valence-corrected chi connectivity index (χ0v) is 23.0. The van der Waals surface area contributed by atoms with E-state index in [0.29, 0.717) is 26.1 Å². The Balaban J connectivity index is 1.69. The molecule has 4 aliphatic rings. The van der Waals surface area contributed by atoms with Gasteiger partial charge < -0.3 is 24.5 Å². The van der Waals surface area contributed by atoms with E-state index in [2.05, 4.69) is 0 Å². The van der Waals surface area contributed by atoms with E-state index in [1.807, 2.05) is 77.1 Å². The molecule has 0 aliphatic carbocycles. The van der Waals surface area contributed by atoms with Crippen LogP contribution in [0.1, 0.15) is 44.7 Å². The number of rotatable bonds is 6. The second kappa shape index (κ2) is 9.65. The highest BCUT2D eigenvalue weighted by Crippen LogP contribution is 2.58. The Morgan fingerprint density at radius 2 is 1.68 bits per heavy atom. The van der Waals surface area contributed by atoms with Gasteiger partial charge in [0.25, 0.3) is 5.91 Å². The van der Waals surface area contributed by atoms with Crippen molar-refractivity contribution >= 4 is 23.4 Å². The van der Waals surface area contributed by atoms with Gasteiger partial charge in [-0.25, -0.2) is 0 Å². The van der Waals surface area contributed by atoms with E-state index < -0.39 is 35.1 Å². The molecule has 38 heavy (non-hydrogen) atoms. The molecular formula is C30H39N3O5. The molecule has 0 radical (unpaired) electrons. The summed E-state index contributed by atoms with van der Waals surface area (Å²) in [6.07, 6.45) is 8.88. The molecule has 1 spiro atoms. The smallest absolute Gasteiger partial charge is 0.253 e. The number of carbonyl (C=O) groups excluding carboxylic acids is 3. The summed E-state index contributed by atoms with van der Waals surface area (Å²) in [6, 6.07) is 4.34. The minimum atomic E-state index is -1.32. The minimum Gasteiger partial charge on any atom is -0.394 e. The van der Waals surface area contributed by atoms with Gasteiger partial charge in [0.1, 0.15) is 11.6 Å². The predicted octanol–water partition coefficient (Wildman–Crippen LogP) is 2.76. The van der Waals surface area contributed by atoms with Gasteiger partial charge in [0.2, 0.25) is 11.8 Å². The Bertz CT molecular complexity index is 1190. The van der Waals surface area contributed by atoms with Crippen molar-refractivity contribution in [2.24, 2.45) is 11.8 Å². The molecule has 1 N–H and O–H groups in total. The summed E-state index contributed by atoms with van der Waals surface area (Å²) in [5.74, 6) is -2.31. The van der Waals surface area contributed by atoms with Gasteiger partial charge in [-0.2, -0.15) is 0 Å². The topological polar surface area (TPSA) is 90.4 Å². The molecule has 0 saturated carbocycles. The molecule has 5 rings (SSSR count). The van der Waals surface area contributed by atoms with Crippen LogP contribution in [-0.4, -0.2) is 82.2 Å². The fraction of sp³-hybridized carbons (Fsp3) is 0.567. The molecule has 8 nitrogen and oxygen atoms in total. The third-order valence-corrected chi connectivity index (χ3v) is 8.86. The second-order valence-electron chi connectivity index (χ2n) is 11.3. The zero-order chi connectivity index (χ0) is 27.4. The molecule has 0 aromatic heterocycles. The molecule has 8 heteroatoms. The quantitative estimate of drug-likeness (QED) is 0.582. The van der Waals surface area contributed by atoms with E-state index in [4.69, 9.17) is 4.74 Å². The molecule has 4 heterocycles. The lowest BCUT2D eigenvalue weighted by atomic mass is 9.74. The van der Waals surface area contributed by atoms with Gasteiger partial charge >= 0.3 is 0 Å². The van der Waals surface area contributed by atoms with Crippen molar-refractivity contribution in [1.82, 2.24) is 9.80 Å². The van der Waals surface area contributed by atoms with Crippen molar-refractivity contribution in [3.05, 3.63) is 53.6 Å². The average molecular weight is 522 g/mol. The summed E-state index contributed by atoms with van der Waals surface area (Å²) in [4.78, 5) is 48.1. The van der Waals surface area contributed by atoms with Crippen LogP contribution >= 0.6 is 0 Å². The molecule has 2 saturated heterocycles. The number of aliphatic hydroxyl groups excluding tert-OH is 1. The Morgan fingerprint density at radius 3 is 2.32 bits per heavy atom. The number of para-hydroxylation sites is 1. The molecule has 0 bridgehead atoms. The van der Waals surface area contributed by atoms with Crippen LogP contribution in [0, 0.1) is 25.7 Å². The summed E-state index contributed by atoms with van der Waals surface area (Å²) in [6.45, 7) is 10.8. The summed E-state index contributed by atoms with van der Waals surface area (Å²) in [7, 11) is 0. The maximum absolute atomic E-state index is 14.6. The monoisotopic (exact) mass is 521 g/mol. The molecular weight excluding hydrogens is 482 g/mol. The third-order valence-electron chi connectivity index (χ3n) is 8.86. The Kier molecular flexibility index (Phi) is 6.76. The van der Waals surface area contributed by atoms with Crippen molar-refractivity contribution in [2.75, 3.05) is 31.1 Å². The van der Waals surface area contributed by atoms with Gasteiger partial charge in [-0.1, -0.05) is 56.4 Å². The van der Waals surface area contributed by atoms with Gasteiger partial charge in [0, 0.05) is 25.3 Å². The van der Waals surface area contributed by atoms with Crippen molar-refractivity contribution in [3.8, 4) is 0 Å². The fourth-order valence-corrected chi connectivity index (χ4v) is 7.22. The number of hydrogen-bond acceptors (Lipinski definition) is 5. The van der Waals surface area contributed by atoms with Gasteiger partial charge in [-0.15, -0.1) is 0 Å². The van der Waals surface area contributed by atoms with Crippen LogP contribution in [0.25, 0.3) is 0 Å². The van der Waals surface area contributed by atoms with Gasteiger partial charge in [-0.3, -0.25) is 14.4 Å². The maximum Gasteiger partial charge on any atom is 0.253 e. The highest BCUT2D eigenvalue weighted by Gasteiger charge is 2.75. The van der Waals surface area contributed by atoms with Gasteiger partial charge in [0.05, 0.1) is 30.1 Å². The number of benzene rings is 1.